The van der Waals surface area contributed by atoms with E-state index in [0.29, 0.717) is 6.04 Å². The van der Waals surface area contributed by atoms with Crippen LogP contribution in [0.25, 0.3) is 0 Å². The monoisotopic (exact) mass is 227 g/mol. The van der Waals surface area contributed by atoms with Crippen LogP contribution in [0.15, 0.2) is 0 Å². The lowest BCUT2D eigenvalue weighted by Gasteiger charge is -2.41. The third-order valence-electron chi connectivity index (χ3n) is 4.28. The molecule has 2 rings (SSSR count). The summed E-state index contributed by atoms with van der Waals surface area (Å²) in [6.07, 6.45) is 7.10. The van der Waals surface area contributed by atoms with E-state index >= 15 is 0 Å². The van der Waals surface area contributed by atoms with E-state index in [1.807, 2.05) is 0 Å². The molecule has 1 saturated heterocycles. The Morgan fingerprint density at radius 3 is 2.38 bits per heavy atom. The van der Waals surface area contributed by atoms with Gasteiger partial charge in [-0.3, -0.25) is 0 Å². The minimum atomic E-state index is -0.0521. The molecule has 0 radical (unpaired) electrons. The number of ether oxygens (including phenoxy) is 1. The molecule has 94 valence electrons. The van der Waals surface area contributed by atoms with Crippen LogP contribution in [0.5, 0.6) is 0 Å². The average Bonchev–Trinajstić information content (AvgIpc) is 2.33. The van der Waals surface area contributed by atoms with Crippen molar-refractivity contribution in [2.45, 2.75) is 57.0 Å². The van der Waals surface area contributed by atoms with Crippen LogP contribution in [0, 0.1) is 5.92 Å². The van der Waals surface area contributed by atoms with Crippen molar-refractivity contribution >= 4 is 0 Å². The number of nitrogens with one attached hydrogen (secondary N) is 1. The van der Waals surface area contributed by atoms with Crippen molar-refractivity contribution < 1.29 is 9.84 Å². The average molecular weight is 227 g/mol. The van der Waals surface area contributed by atoms with E-state index in [1.165, 1.54) is 25.7 Å². The highest BCUT2D eigenvalue weighted by molar-refractivity contribution is 4.93. The Labute approximate surface area is 98.6 Å². The molecule has 16 heavy (non-hydrogen) atoms. The fourth-order valence-electron chi connectivity index (χ4n) is 2.95. The standard InChI is InChI=1S/C13H25NO2/c1-11-2-4-12(5-3-11)14-13(10-15)6-8-16-9-7-13/h11-12,14-15H,2-10H2,1H3. The van der Waals surface area contributed by atoms with Gasteiger partial charge in [-0.2, -0.15) is 0 Å². The van der Waals surface area contributed by atoms with Gasteiger partial charge in [-0.15, -0.1) is 0 Å². The van der Waals surface area contributed by atoms with Crippen LogP contribution in [-0.4, -0.2) is 36.5 Å². The Bertz CT molecular complexity index is 206. The molecule has 2 fully saturated rings. The Balaban J connectivity index is 1.86. The molecule has 2 N–H and O–H groups in total. The smallest absolute Gasteiger partial charge is 0.0615 e. The van der Waals surface area contributed by atoms with E-state index in [0.717, 1.165) is 32.0 Å². The van der Waals surface area contributed by atoms with Crippen LogP contribution >= 0.6 is 0 Å². The number of aliphatic hydroxyl groups excluding tert-OH is 1. The summed E-state index contributed by atoms with van der Waals surface area (Å²) in [6.45, 7) is 4.17. The second kappa shape index (κ2) is 5.48. The fraction of sp³-hybridized carbons (Fsp3) is 1.00. The van der Waals surface area contributed by atoms with E-state index in [1.54, 1.807) is 0 Å². The van der Waals surface area contributed by atoms with Crippen molar-refractivity contribution in [3.05, 3.63) is 0 Å². The van der Waals surface area contributed by atoms with Gasteiger partial charge in [-0.1, -0.05) is 6.92 Å². The van der Waals surface area contributed by atoms with Crippen LogP contribution in [0.4, 0.5) is 0 Å². The van der Waals surface area contributed by atoms with Gasteiger partial charge in [0.15, 0.2) is 0 Å². The summed E-state index contributed by atoms with van der Waals surface area (Å²) in [5.74, 6) is 0.887. The molecule has 0 aromatic carbocycles. The maximum absolute atomic E-state index is 9.61. The van der Waals surface area contributed by atoms with Crippen molar-refractivity contribution in [2.75, 3.05) is 19.8 Å². The summed E-state index contributed by atoms with van der Waals surface area (Å²) in [7, 11) is 0. The van der Waals surface area contributed by atoms with Gasteiger partial charge in [0.2, 0.25) is 0 Å². The molecule has 0 aromatic heterocycles. The molecule has 0 unspecified atom stereocenters. The lowest BCUT2D eigenvalue weighted by atomic mass is 9.83. The van der Waals surface area contributed by atoms with E-state index in [4.69, 9.17) is 4.74 Å². The predicted molar refractivity (Wildman–Crippen MR) is 64.4 cm³/mol. The summed E-state index contributed by atoms with van der Waals surface area (Å²) in [5, 5.41) is 13.3. The predicted octanol–water partition coefficient (Wildman–Crippen LogP) is 1.70. The lowest BCUT2D eigenvalue weighted by Crippen LogP contribution is -2.56. The Hall–Kier alpha value is -0.120. The summed E-state index contributed by atoms with van der Waals surface area (Å²) >= 11 is 0. The molecule has 1 aliphatic heterocycles. The Morgan fingerprint density at radius 1 is 1.19 bits per heavy atom. The molecule has 0 spiro atoms. The summed E-state index contributed by atoms with van der Waals surface area (Å²) < 4.78 is 5.38. The topological polar surface area (TPSA) is 41.5 Å². The number of hydrogen-bond donors (Lipinski definition) is 2. The molecule has 1 heterocycles. The molecule has 0 aromatic rings. The van der Waals surface area contributed by atoms with E-state index in [2.05, 4.69) is 12.2 Å². The van der Waals surface area contributed by atoms with Gasteiger partial charge in [0, 0.05) is 24.8 Å². The molecule has 3 heteroatoms. The van der Waals surface area contributed by atoms with Gasteiger partial charge in [-0.25, -0.2) is 0 Å². The second-order valence-electron chi connectivity index (χ2n) is 5.65. The lowest BCUT2D eigenvalue weighted by molar-refractivity contribution is 0.00356. The van der Waals surface area contributed by atoms with Crippen LogP contribution < -0.4 is 5.32 Å². The van der Waals surface area contributed by atoms with E-state index < -0.39 is 0 Å². The third-order valence-corrected chi connectivity index (χ3v) is 4.28. The largest absolute Gasteiger partial charge is 0.394 e. The highest BCUT2D eigenvalue weighted by atomic mass is 16.5. The summed E-state index contributed by atoms with van der Waals surface area (Å²) in [6, 6.07) is 0.612. The second-order valence-corrected chi connectivity index (χ2v) is 5.65. The maximum atomic E-state index is 9.61. The number of hydrogen-bond acceptors (Lipinski definition) is 3. The van der Waals surface area contributed by atoms with Crippen LogP contribution in [0.1, 0.15) is 45.4 Å². The molecule has 3 nitrogen and oxygen atoms in total. The van der Waals surface area contributed by atoms with Crippen LogP contribution in [-0.2, 0) is 4.74 Å². The molecule has 0 bridgehead atoms. The molecule has 0 atom stereocenters. The highest BCUT2D eigenvalue weighted by Crippen LogP contribution is 2.28. The normalized spacial score (nSPS) is 34.9. The Morgan fingerprint density at radius 2 is 1.81 bits per heavy atom. The molecule has 1 aliphatic carbocycles. The number of aliphatic hydroxyl groups is 1. The summed E-state index contributed by atoms with van der Waals surface area (Å²) in [5.41, 5.74) is -0.0521. The first-order valence-electron chi connectivity index (χ1n) is 6.70. The first-order valence-corrected chi connectivity index (χ1v) is 6.70. The van der Waals surface area contributed by atoms with Crippen LogP contribution in [0.3, 0.4) is 0 Å². The van der Waals surface area contributed by atoms with Gasteiger partial charge < -0.3 is 15.2 Å². The van der Waals surface area contributed by atoms with E-state index in [-0.39, 0.29) is 12.1 Å². The first kappa shape index (κ1) is 12.3. The van der Waals surface area contributed by atoms with E-state index in [9.17, 15) is 5.11 Å². The quantitative estimate of drug-likeness (QED) is 0.771. The van der Waals surface area contributed by atoms with Gasteiger partial charge in [-0.05, 0) is 44.4 Å². The Kier molecular flexibility index (Phi) is 4.22. The minimum Gasteiger partial charge on any atom is -0.394 e. The fourth-order valence-corrected chi connectivity index (χ4v) is 2.95. The molecule has 2 aliphatic rings. The first-order chi connectivity index (χ1) is 7.74. The van der Waals surface area contributed by atoms with Crippen LogP contribution in [0.2, 0.25) is 0 Å². The summed E-state index contributed by atoms with van der Waals surface area (Å²) in [4.78, 5) is 0. The molecular formula is C13H25NO2. The van der Waals surface area contributed by atoms with Crippen molar-refractivity contribution in [1.29, 1.82) is 0 Å². The zero-order valence-electron chi connectivity index (χ0n) is 10.4. The van der Waals surface area contributed by atoms with Crippen molar-refractivity contribution in [2.24, 2.45) is 5.92 Å². The van der Waals surface area contributed by atoms with Gasteiger partial charge in [0.25, 0.3) is 0 Å². The minimum absolute atomic E-state index is 0.0521. The highest BCUT2D eigenvalue weighted by Gasteiger charge is 2.34. The van der Waals surface area contributed by atoms with Crippen molar-refractivity contribution in [3.8, 4) is 0 Å². The van der Waals surface area contributed by atoms with Crippen molar-refractivity contribution in [1.82, 2.24) is 5.32 Å². The molecular weight excluding hydrogens is 202 g/mol. The third kappa shape index (κ3) is 2.96. The molecule has 0 amide bonds. The number of rotatable bonds is 3. The zero-order valence-corrected chi connectivity index (χ0v) is 10.4. The maximum Gasteiger partial charge on any atom is 0.0615 e. The molecule has 1 saturated carbocycles. The van der Waals surface area contributed by atoms with Gasteiger partial charge in [0.05, 0.1) is 6.61 Å². The van der Waals surface area contributed by atoms with Crippen molar-refractivity contribution in [3.63, 3.8) is 0 Å². The van der Waals surface area contributed by atoms with Gasteiger partial charge in [0.1, 0.15) is 0 Å². The zero-order chi connectivity index (χ0) is 11.4. The SMILES string of the molecule is CC1CCC(NC2(CO)CCOCC2)CC1. The van der Waals surface area contributed by atoms with Gasteiger partial charge >= 0.3 is 0 Å².